The lowest BCUT2D eigenvalue weighted by atomic mass is 10.0. The van der Waals surface area contributed by atoms with Gasteiger partial charge < -0.3 is 10.2 Å². The van der Waals surface area contributed by atoms with Crippen molar-refractivity contribution in [1.29, 1.82) is 0 Å². The first-order valence-electron chi connectivity index (χ1n) is 7.43. The van der Waals surface area contributed by atoms with Crippen LogP contribution >= 0.6 is 0 Å². The van der Waals surface area contributed by atoms with Gasteiger partial charge in [0.05, 0.1) is 0 Å². The molecule has 1 N–H and O–H groups in total. The monoisotopic (exact) mass is 246 g/mol. The second-order valence-corrected chi connectivity index (χ2v) is 5.23. The number of anilines is 1. The minimum absolute atomic E-state index is 0.658. The Morgan fingerprint density at radius 1 is 1.11 bits per heavy atom. The van der Waals surface area contributed by atoms with Gasteiger partial charge >= 0.3 is 0 Å². The highest BCUT2D eigenvalue weighted by atomic mass is 15.1. The summed E-state index contributed by atoms with van der Waals surface area (Å²) in [6, 6.07) is 11.4. The SMILES string of the molecule is CCN(CC1CCCCCCN1)c1ccccc1. The first-order valence-corrected chi connectivity index (χ1v) is 7.43. The Hall–Kier alpha value is -1.02. The Kier molecular flexibility index (Phi) is 5.53. The molecule has 0 spiro atoms. The molecule has 1 fully saturated rings. The van der Waals surface area contributed by atoms with Crippen LogP contribution in [-0.4, -0.2) is 25.7 Å². The predicted octanol–water partition coefficient (Wildman–Crippen LogP) is 3.44. The molecule has 1 saturated heterocycles. The largest absolute Gasteiger partial charge is 0.370 e. The van der Waals surface area contributed by atoms with E-state index in [0.717, 1.165) is 13.1 Å². The quantitative estimate of drug-likeness (QED) is 0.875. The standard InChI is InChI=1S/C16H26N2/c1-2-18(16-11-7-5-8-12-16)14-15-10-6-3-4-9-13-17-15/h5,7-8,11-12,15,17H,2-4,6,9-10,13-14H2,1H3. The molecule has 0 amide bonds. The Morgan fingerprint density at radius 2 is 1.89 bits per heavy atom. The molecule has 1 heterocycles. The van der Waals surface area contributed by atoms with E-state index in [4.69, 9.17) is 0 Å². The summed E-state index contributed by atoms with van der Waals surface area (Å²) in [5, 5.41) is 3.71. The lowest BCUT2D eigenvalue weighted by Gasteiger charge is -2.30. The summed E-state index contributed by atoms with van der Waals surface area (Å²) < 4.78 is 0. The van der Waals surface area contributed by atoms with E-state index < -0.39 is 0 Å². The van der Waals surface area contributed by atoms with E-state index in [1.807, 2.05) is 0 Å². The summed E-state index contributed by atoms with van der Waals surface area (Å²) in [6.07, 6.45) is 6.85. The van der Waals surface area contributed by atoms with Gasteiger partial charge in [0, 0.05) is 24.8 Å². The third kappa shape index (κ3) is 4.02. The van der Waals surface area contributed by atoms with Crippen molar-refractivity contribution >= 4 is 5.69 Å². The van der Waals surface area contributed by atoms with Crippen molar-refractivity contribution in [3.63, 3.8) is 0 Å². The van der Waals surface area contributed by atoms with Crippen molar-refractivity contribution < 1.29 is 0 Å². The highest BCUT2D eigenvalue weighted by Gasteiger charge is 2.14. The van der Waals surface area contributed by atoms with Crippen LogP contribution in [0.2, 0.25) is 0 Å². The second kappa shape index (κ2) is 7.42. The van der Waals surface area contributed by atoms with Gasteiger partial charge in [0.25, 0.3) is 0 Å². The van der Waals surface area contributed by atoms with Crippen molar-refractivity contribution in [3.05, 3.63) is 30.3 Å². The van der Waals surface area contributed by atoms with Crippen LogP contribution < -0.4 is 10.2 Å². The minimum atomic E-state index is 0.658. The van der Waals surface area contributed by atoms with Crippen LogP contribution in [0.1, 0.15) is 39.0 Å². The zero-order valence-corrected chi connectivity index (χ0v) is 11.6. The fourth-order valence-corrected chi connectivity index (χ4v) is 2.76. The molecule has 1 atom stereocenters. The fourth-order valence-electron chi connectivity index (χ4n) is 2.76. The number of hydrogen-bond donors (Lipinski definition) is 1. The molecule has 1 aromatic rings. The molecule has 0 bridgehead atoms. The summed E-state index contributed by atoms with van der Waals surface area (Å²) in [5.41, 5.74) is 1.35. The van der Waals surface area contributed by atoms with Gasteiger partial charge in [-0.1, -0.05) is 37.5 Å². The highest BCUT2D eigenvalue weighted by molar-refractivity contribution is 5.45. The van der Waals surface area contributed by atoms with Gasteiger partial charge in [-0.05, 0) is 38.4 Å². The third-order valence-corrected chi connectivity index (χ3v) is 3.86. The number of para-hydroxylation sites is 1. The normalized spacial score (nSPS) is 21.1. The fraction of sp³-hybridized carbons (Fsp3) is 0.625. The average Bonchev–Trinajstić information content (AvgIpc) is 2.39. The summed E-state index contributed by atoms with van der Waals surface area (Å²) >= 11 is 0. The van der Waals surface area contributed by atoms with Crippen LogP contribution in [0, 0.1) is 0 Å². The lowest BCUT2D eigenvalue weighted by Crippen LogP contribution is -2.42. The van der Waals surface area contributed by atoms with Crippen molar-refractivity contribution in [2.45, 2.75) is 45.1 Å². The molecule has 0 saturated carbocycles. The molecule has 1 aliphatic heterocycles. The van der Waals surface area contributed by atoms with E-state index in [1.165, 1.54) is 44.3 Å². The van der Waals surface area contributed by atoms with E-state index in [9.17, 15) is 0 Å². The molecule has 1 unspecified atom stereocenters. The zero-order chi connectivity index (χ0) is 12.6. The summed E-state index contributed by atoms with van der Waals surface area (Å²) in [5.74, 6) is 0. The zero-order valence-electron chi connectivity index (χ0n) is 11.6. The summed E-state index contributed by atoms with van der Waals surface area (Å²) in [6.45, 7) is 5.66. The molecule has 18 heavy (non-hydrogen) atoms. The number of rotatable bonds is 4. The average molecular weight is 246 g/mol. The molecule has 2 nitrogen and oxygen atoms in total. The van der Waals surface area contributed by atoms with Crippen LogP contribution in [-0.2, 0) is 0 Å². The van der Waals surface area contributed by atoms with Gasteiger partial charge in [-0.2, -0.15) is 0 Å². The highest BCUT2D eigenvalue weighted by Crippen LogP contribution is 2.16. The van der Waals surface area contributed by atoms with Crippen LogP contribution in [0.4, 0.5) is 5.69 Å². The molecular formula is C16H26N2. The second-order valence-electron chi connectivity index (χ2n) is 5.23. The maximum atomic E-state index is 3.71. The number of nitrogens with zero attached hydrogens (tertiary/aromatic N) is 1. The first-order chi connectivity index (χ1) is 8.90. The van der Waals surface area contributed by atoms with Gasteiger partial charge in [0.15, 0.2) is 0 Å². The van der Waals surface area contributed by atoms with Gasteiger partial charge in [-0.25, -0.2) is 0 Å². The van der Waals surface area contributed by atoms with Crippen molar-refractivity contribution in [3.8, 4) is 0 Å². The Balaban J connectivity index is 1.92. The maximum absolute atomic E-state index is 3.71. The summed E-state index contributed by atoms with van der Waals surface area (Å²) in [7, 11) is 0. The van der Waals surface area contributed by atoms with Crippen molar-refractivity contribution in [2.75, 3.05) is 24.5 Å². The maximum Gasteiger partial charge on any atom is 0.0366 e. The van der Waals surface area contributed by atoms with E-state index in [1.54, 1.807) is 0 Å². The molecule has 1 aromatic carbocycles. The molecule has 2 rings (SSSR count). The van der Waals surface area contributed by atoms with Crippen molar-refractivity contribution in [2.24, 2.45) is 0 Å². The number of nitrogens with one attached hydrogen (secondary N) is 1. The van der Waals surface area contributed by atoms with Crippen LogP contribution in [0.3, 0.4) is 0 Å². The van der Waals surface area contributed by atoms with E-state index in [2.05, 4.69) is 47.5 Å². The lowest BCUT2D eigenvalue weighted by molar-refractivity contribution is 0.415. The topological polar surface area (TPSA) is 15.3 Å². The molecular weight excluding hydrogens is 220 g/mol. The van der Waals surface area contributed by atoms with Crippen LogP contribution in [0.15, 0.2) is 30.3 Å². The molecule has 0 radical (unpaired) electrons. The molecule has 2 heteroatoms. The minimum Gasteiger partial charge on any atom is -0.370 e. The number of benzene rings is 1. The van der Waals surface area contributed by atoms with Gasteiger partial charge in [-0.15, -0.1) is 0 Å². The van der Waals surface area contributed by atoms with Crippen molar-refractivity contribution in [1.82, 2.24) is 5.32 Å². The Morgan fingerprint density at radius 3 is 2.67 bits per heavy atom. The van der Waals surface area contributed by atoms with Gasteiger partial charge in [-0.3, -0.25) is 0 Å². The first kappa shape index (κ1) is 13.4. The molecule has 1 aliphatic rings. The van der Waals surface area contributed by atoms with E-state index in [-0.39, 0.29) is 0 Å². The van der Waals surface area contributed by atoms with Gasteiger partial charge in [0.1, 0.15) is 0 Å². The number of likely N-dealkylation sites (N-methyl/N-ethyl adjacent to an activating group) is 1. The molecule has 0 aromatic heterocycles. The Bertz CT molecular complexity index is 315. The molecule has 100 valence electrons. The number of hydrogen-bond acceptors (Lipinski definition) is 2. The molecule has 0 aliphatic carbocycles. The third-order valence-electron chi connectivity index (χ3n) is 3.86. The summed E-state index contributed by atoms with van der Waals surface area (Å²) in [4.78, 5) is 2.49. The predicted molar refractivity (Wildman–Crippen MR) is 79.2 cm³/mol. The van der Waals surface area contributed by atoms with Crippen LogP contribution in [0.25, 0.3) is 0 Å². The smallest absolute Gasteiger partial charge is 0.0366 e. The van der Waals surface area contributed by atoms with Gasteiger partial charge in [0.2, 0.25) is 0 Å². The van der Waals surface area contributed by atoms with E-state index >= 15 is 0 Å². The van der Waals surface area contributed by atoms with E-state index in [0.29, 0.717) is 6.04 Å². The Labute approximate surface area is 111 Å². The van der Waals surface area contributed by atoms with Crippen LogP contribution in [0.5, 0.6) is 0 Å².